The van der Waals surface area contributed by atoms with Crippen LogP contribution in [0, 0.1) is 5.92 Å². The lowest BCUT2D eigenvalue weighted by Crippen LogP contribution is -2.41. The maximum Gasteiger partial charge on any atom is 0.243 e. The predicted molar refractivity (Wildman–Crippen MR) is 124 cm³/mol. The van der Waals surface area contributed by atoms with E-state index in [9.17, 15) is 4.79 Å². The zero-order valence-electron chi connectivity index (χ0n) is 17.8. The smallest absolute Gasteiger partial charge is 0.243 e. The molecule has 0 aliphatic heterocycles. The van der Waals surface area contributed by atoms with Gasteiger partial charge in [0.25, 0.3) is 0 Å². The van der Waals surface area contributed by atoms with Crippen LogP contribution in [0.15, 0.2) is 48.5 Å². The van der Waals surface area contributed by atoms with Crippen molar-refractivity contribution in [2.75, 3.05) is 0 Å². The average Bonchev–Trinajstić information content (AvgIpc) is 3.12. The van der Waals surface area contributed by atoms with Gasteiger partial charge in [-0.3, -0.25) is 4.79 Å². The molecule has 1 aliphatic rings. The fourth-order valence-electron chi connectivity index (χ4n) is 4.51. The summed E-state index contributed by atoms with van der Waals surface area (Å²) in [5, 5.41) is 4.02. The first-order valence-electron chi connectivity index (χ1n) is 11.1. The third-order valence-electron chi connectivity index (χ3n) is 5.94. The van der Waals surface area contributed by atoms with E-state index in [0.717, 1.165) is 41.7 Å². The van der Waals surface area contributed by atoms with Crippen molar-refractivity contribution < 1.29 is 4.79 Å². The van der Waals surface area contributed by atoms with Crippen LogP contribution in [0.4, 0.5) is 0 Å². The molecule has 0 spiro atoms. The van der Waals surface area contributed by atoms with Gasteiger partial charge >= 0.3 is 0 Å². The highest BCUT2D eigenvalue weighted by atomic mass is 35.5. The van der Waals surface area contributed by atoms with E-state index < -0.39 is 0 Å². The lowest BCUT2D eigenvalue weighted by atomic mass is 9.94. The van der Waals surface area contributed by atoms with Gasteiger partial charge in [-0.1, -0.05) is 69.0 Å². The van der Waals surface area contributed by atoms with Crippen molar-refractivity contribution in [2.45, 2.75) is 64.5 Å². The highest BCUT2D eigenvalue weighted by Crippen LogP contribution is 2.33. The Morgan fingerprint density at radius 3 is 2.63 bits per heavy atom. The van der Waals surface area contributed by atoms with Crippen molar-refractivity contribution in [1.29, 1.82) is 0 Å². The van der Waals surface area contributed by atoms with E-state index in [4.69, 9.17) is 16.6 Å². The summed E-state index contributed by atoms with van der Waals surface area (Å²) in [6.45, 7) is 4.33. The van der Waals surface area contributed by atoms with Crippen LogP contribution in [0.25, 0.3) is 22.4 Å². The number of imidazole rings is 1. The Kier molecular flexibility index (Phi) is 6.43. The van der Waals surface area contributed by atoms with E-state index in [1.807, 2.05) is 42.5 Å². The van der Waals surface area contributed by atoms with E-state index in [1.165, 1.54) is 19.3 Å². The molecular formula is C25H30ClN3O. The van der Waals surface area contributed by atoms with Crippen LogP contribution >= 0.6 is 11.6 Å². The van der Waals surface area contributed by atoms with Gasteiger partial charge in [-0.2, -0.15) is 0 Å². The van der Waals surface area contributed by atoms with Crippen LogP contribution in [-0.2, 0) is 4.79 Å². The standard InChI is InChI=1S/C25H30ClN3O/c1-17(2)15-23(25(30)27-20-11-4-3-5-12-20)29-22-14-7-6-13-21(22)28-24(29)18-9-8-10-19(26)16-18/h6-10,13-14,16-17,20,23H,3-5,11-12,15H2,1-2H3,(H,27,30). The van der Waals surface area contributed by atoms with Gasteiger partial charge in [-0.25, -0.2) is 4.98 Å². The molecule has 0 bridgehead atoms. The highest BCUT2D eigenvalue weighted by Gasteiger charge is 2.29. The molecule has 4 nitrogen and oxygen atoms in total. The van der Waals surface area contributed by atoms with Crippen molar-refractivity contribution >= 4 is 28.5 Å². The minimum Gasteiger partial charge on any atom is -0.352 e. The second kappa shape index (κ2) is 9.22. The number of benzene rings is 2. The van der Waals surface area contributed by atoms with Crippen molar-refractivity contribution in [3.8, 4) is 11.4 Å². The molecule has 30 heavy (non-hydrogen) atoms. The van der Waals surface area contributed by atoms with Gasteiger partial charge in [-0.05, 0) is 49.4 Å². The van der Waals surface area contributed by atoms with Gasteiger partial charge in [0, 0.05) is 16.6 Å². The Morgan fingerprint density at radius 1 is 1.13 bits per heavy atom. The molecule has 1 amide bonds. The first-order valence-corrected chi connectivity index (χ1v) is 11.4. The van der Waals surface area contributed by atoms with Gasteiger partial charge < -0.3 is 9.88 Å². The Morgan fingerprint density at radius 2 is 1.90 bits per heavy atom. The fourth-order valence-corrected chi connectivity index (χ4v) is 4.70. The number of nitrogens with zero attached hydrogens (tertiary/aromatic N) is 2. The average molecular weight is 424 g/mol. The first-order chi connectivity index (χ1) is 14.5. The van der Waals surface area contributed by atoms with E-state index in [1.54, 1.807) is 0 Å². The van der Waals surface area contributed by atoms with Crippen molar-refractivity contribution in [1.82, 2.24) is 14.9 Å². The largest absolute Gasteiger partial charge is 0.352 e. The summed E-state index contributed by atoms with van der Waals surface area (Å²) in [5.41, 5.74) is 2.81. The van der Waals surface area contributed by atoms with Gasteiger partial charge in [0.15, 0.2) is 0 Å². The molecule has 1 saturated carbocycles. The molecule has 2 aromatic carbocycles. The Bertz CT molecular complexity index is 1020. The van der Waals surface area contributed by atoms with Crippen LogP contribution in [-0.4, -0.2) is 21.5 Å². The summed E-state index contributed by atoms with van der Waals surface area (Å²) in [5.74, 6) is 1.27. The summed E-state index contributed by atoms with van der Waals surface area (Å²) >= 11 is 6.28. The molecule has 0 radical (unpaired) electrons. The summed E-state index contributed by atoms with van der Waals surface area (Å²) in [6, 6.07) is 15.7. The van der Waals surface area contributed by atoms with E-state index in [0.29, 0.717) is 10.9 Å². The van der Waals surface area contributed by atoms with E-state index in [-0.39, 0.29) is 18.0 Å². The van der Waals surface area contributed by atoms with Crippen LogP contribution < -0.4 is 5.32 Å². The second-order valence-corrected chi connectivity index (χ2v) is 9.23. The molecule has 0 saturated heterocycles. The van der Waals surface area contributed by atoms with Gasteiger partial charge in [0.1, 0.15) is 11.9 Å². The molecule has 1 N–H and O–H groups in total. The number of hydrogen-bond donors (Lipinski definition) is 1. The van der Waals surface area contributed by atoms with E-state index in [2.05, 4.69) is 29.8 Å². The number of halogens is 1. The number of hydrogen-bond acceptors (Lipinski definition) is 2. The summed E-state index contributed by atoms with van der Waals surface area (Å²) < 4.78 is 2.12. The zero-order valence-corrected chi connectivity index (χ0v) is 18.5. The van der Waals surface area contributed by atoms with Crippen molar-refractivity contribution in [2.24, 2.45) is 5.92 Å². The molecule has 3 aromatic rings. The van der Waals surface area contributed by atoms with Gasteiger partial charge in [0.05, 0.1) is 11.0 Å². The molecule has 1 unspecified atom stereocenters. The molecule has 1 heterocycles. The number of aromatic nitrogens is 2. The Hall–Kier alpha value is -2.33. The number of para-hydroxylation sites is 2. The van der Waals surface area contributed by atoms with Crippen LogP contribution in [0.3, 0.4) is 0 Å². The monoisotopic (exact) mass is 423 g/mol. The van der Waals surface area contributed by atoms with Crippen LogP contribution in [0.5, 0.6) is 0 Å². The third kappa shape index (κ3) is 4.54. The van der Waals surface area contributed by atoms with Crippen LogP contribution in [0.1, 0.15) is 58.4 Å². The fraction of sp³-hybridized carbons (Fsp3) is 0.440. The minimum atomic E-state index is -0.312. The van der Waals surface area contributed by atoms with Crippen molar-refractivity contribution in [3.63, 3.8) is 0 Å². The maximum absolute atomic E-state index is 13.6. The lowest BCUT2D eigenvalue weighted by molar-refractivity contribution is -0.125. The summed E-state index contributed by atoms with van der Waals surface area (Å²) in [4.78, 5) is 18.5. The number of carbonyl (C=O) groups excluding carboxylic acids is 1. The summed E-state index contributed by atoms with van der Waals surface area (Å²) in [6.07, 6.45) is 6.57. The Labute approximate surface area is 183 Å². The molecular weight excluding hydrogens is 394 g/mol. The number of nitrogens with one attached hydrogen (secondary N) is 1. The normalized spacial score (nSPS) is 16.1. The number of rotatable bonds is 6. The molecule has 1 atom stereocenters. The maximum atomic E-state index is 13.6. The number of amides is 1. The van der Waals surface area contributed by atoms with Crippen LogP contribution in [0.2, 0.25) is 5.02 Å². The minimum absolute atomic E-state index is 0.0991. The highest BCUT2D eigenvalue weighted by molar-refractivity contribution is 6.30. The second-order valence-electron chi connectivity index (χ2n) is 8.79. The zero-order chi connectivity index (χ0) is 21.1. The molecule has 5 heteroatoms. The quantitative estimate of drug-likeness (QED) is 0.499. The topological polar surface area (TPSA) is 46.9 Å². The van der Waals surface area contributed by atoms with E-state index >= 15 is 0 Å². The number of carbonyl (C=O) groups is 1. The SMILES string of the molecule is CC(C)CC(C(=O)NC1CCCCC1)n1c(-c2cccc(Cl)c2)nc2ccccc21. The molecule has 158 valence electrons. The Balaban J connectivity index is 1.79. The number of fused-ring (bicyclic) bond motifs is 1. The lowest BCUT2D eigenvalue weighted by Gasteiger charge is -2.28. The predicted octanol–water partition coefficient (Wildman–Crippen LogP) is 6.39. The van der Waals surface area contributed by atoms with Gasteiger partial charge in [-0.15, -0.1) is 0 Å². The van der Waals surface area contributed by atoms with Crippen molar-refractivity contribution in [3.05, 3.63) is 53.6 Å². The molecule has 1 fully saturated rings. The molecule has 1 aromatic heterocycles. The first kappa shape index (κ1) is 20.9. The molecule has 1 aliphatic carbocycles. The van der Waals surface area contributed by atoms with Gasteiger partial charge in [0.2, 0.25) is 5.91 Å². The third-order valence-corrected chi connectivity index (χ3v) is 6.17. The summed E-state index contributed by atoms with van der Waals surface area (Å²) in [7, 11) is 0. The molecule has 4 rings (SSSR count).